The van der Waals surface area contributed by atoms with Crippen molar-refractivity contribution in [1.82, 2.24) is 14.8 Å². The molecular weight excluding hydrogens is 202 g/mol. The van der Waals surface area contributed by atoms with E-state index in [1.807, 2.05) is 22.9 Å². The zero-order valence-corrected chi connectivity index (χ0v) is 9.30. The highest BCUT2D eigenvalue weighted by Crippen LogP contribution is 2.20. The number of aryl methyl sites for hydroxylation is 1. The molecule has 2 rings (SSSR count). The summed E-state index contributed by atoms with van der Waals surface area (Å²) in [4.78, 5) is 4.31. The topological polar surface area (TPSA) is 50.9 Å². The van der Waals surface area contributed by atoms with Gasteiger partial charge in [-0.25, -0.2) is 0 Å². The average Bonchev–Trinajstić information content (AvgIpc) is 2.77. The van der Waals surface area contributed by atoms with Gasteiger partial charge in [-0.05, 0) is 18.6 Å². The largest absolute Gasteiger partial charge is 0.392 e. The Morgan fingerprint density at radius 2 is 2.19 bits per heavy atom. The Balaban J connectivity index is 2.45. The zero-order valence-electron chi connectivity index (χ0n) is 9.30. The number of hydrogen-bond acceptors (Lipinski definition) is 3. The van der Waals surface area contributed by atoms with Crippen molar-refractivity contribution in [3.63, 3.8) is 0 Å². The van der Waals surface area contributed by atoms with Crippen LogP contribution < -0.4 is 0 Å². The molecule has 0 spiro atoms. The summed E-state index contributed by atoms with van der Waals surface area (Å²) in [5.74, 6) is 0. The Kier molecular flexibility index (Phi) is 3.31. The van der Waals surface area contributed by atoms with E-state index < -0.39 is 0 Å². The Morgan fingerprint density at radius 3 is 2.94 bits per heavy atom. The number of nitrogens with zero attached hydrogens (tertiary/aromatic N) is 3. The first-order chi connectivity index (χ1) is 7.86. The van der Waals surface area contributed by atoms with Crippen molar-refractivity contribution in [1.29, 1.82) is 0 Å². The molecular formula is C12H15N3O. The molecule has 0 aliphatic heterocycles. The van der Waals surface area contributed by atoms with Crippen LogP contribution in [0.1, 0.15) is 18.9 Å². The lowest BCUT2D eigenvalue weighted by Gasteiger charge is -2.08. The molecule has 0 bridgehead atoms. The van der Waals surface area contributed by atoms with Crippen molar-refractivity contribution in [2.75, 3.05) is 0 Å². The Morgan fingerprint density at radius 1 is 1.31 bits per heavy atom. The molecule has 0 saturated carbocycles. The van der Waals surface area contributed by atoms with E-state index in [0.29, 0.717) is 0 Å². The molecule has 4 nitrogen and oxygen atoms in total. The van der Waals surface area contributed by atoms with Crippen LogP contribution in [0, 0.1) is 0 Å². The molecule has 2 heterocycles. The van der Waals surface area contributed by atoms with Gasteiger partial charge in [-0.3, -0.25) is 9.67 Å². The minimum absolute atomic E-state index is 0.000475. The number of aliphatic hydroxyl groups is 1. The van der Waals surface area contributed by atoms with Crippen LogP contribution in [0.4, 0.5) is 0 Å². The summed E-state index contributed by atoms with van der Waals surface area (Å²) < 4.78 is 1.92. The van der Waals surface area contributed by atoms with E-state index in [2.05, 4.69) is 17.0 Å². The van der Waals surface area contributed by atoms with Gasteiger partial charge in [-0.1, -0.05) is 13.0 Å². The lowest BCUT2D eigenvalue weighted by atomic mass is 10.1. The fourth-order valence-electron chi connectivity index (χ4n) is 1.72. The fourth-order valence-corrected chi connectivity index (χ4v) is 1.72. The van der Waals surface area contributed by atoms with Crippen LogP contribution in [-0.2, 0) is 13.2 Å². The van der Waals surface area contributed by atoms with Crippen molar-refractivity contribution in [2.24, 2.45) is 0 Å². The number of hydrogen-bond donors (Lipinski definition) is 1. The van der Waals surface area contributed by atoms with Crippen LogP contribution in [0.15, 0.2) is 30.6 Å². The molecule has 84 valence electrons. The van der Waals surface area contributed by atoms with Gasteiger partial charge in [-0.15, -0.1) is 0 Å². The third-order valence-electron chi connectivity index (χ3n) is 2.46. The quantitative estimate of drug-likeness (QED) is 0.850. The van der Waals surface area contributed by atoms with Gasteiger partial charge in [0.2, 0.25) is 0 Å². The van der Waals surface area contributed by atoms with Gasteiger partial charge in [-0.2, -0.15) is 5.10 Å². The molecule has 0 aliphatic rings. The maximum atomic E-state index is 9.27. The molecule has 0 amide bonds. The highest BCUT2D eigenvalue weighted by Gasteiger charge is 2.09. The van der Waals surface area contributed by atoms with Crippen LogP contribution in [-0.4, -0.2) is 19.9 Å². The van der Waals surface area contributed by atoms with Crippen LogP contribution >= 0.6 is 0 Å². The SMILES string of the molecule is CCCn1nccc1-c1ncccc1CO. The summed E-state index contributed by atoms with van der Waals surface area (Å²) in [6.07, 6.45) is 4.52. The van der Waals surface area contributed by atoms with Gasteiger partial charge in [0.1, 0.15) is 0 Å². The van der Waals surface area contributed by atoms with Gasteiger partial charge >= 0.3 is 0 Å². The minimum Gasteiger partial charge on any atom is -0.392 e. The molecule has 2 aromatic heterocycles. The van der Waals surface area contributed by atoms with Gasteiger partial charge in [0, 0.05) is 24.5 Å². The second-order valence-electron chi connectivity index (χ2n) is 3.61. The summed E-state index contributed by atoms with van der Waals surface area (Å²) in [6.45, 7) is 2.97. The third kappa shape index (κ3) is 1.97. The molecule has 0 fully saturated rings. The van der Waals surface area contributed by atoms with E-state index in [0.717, 1.165) is 29.9 Å². The highest BCUT2D eigenvalue weighted by atomic mass is 16.3. The second-order valence-corrected chi connectivity index (χ2v) is 3.61. The van der Waals surface area contributed by atoms with Crippen LogP contribution in [0.3, 0.4) is 0 Å². The van der Waals surface area contributed by atoms with E-state index in [4.69, 9.17) is 0 Å². The van der Waals surface area contributed by atoms with Gasteiger partial charge in [0.15, 0.2) is 0 Å². The number of pyridine rings is 1. The fraction of sp³-hybridized carbons (Fsp3) is 0.333. The lowest BCUT2D eigenvalue weighted by molar-refractivity contribution is 0.282. The molecule has 0 aliphatic carbocycles. The van der Waals surface area contributed by atoms with E-state index in [-0.39, 0.29) is 6.61 Å². The van der Waals surface area contributed by atoms with Crippen molar-refractivity contribution in [3.8, 4) is 11.4 Å². The van der Waals surface area contributed by atoms with Crippen LogP contribution in [0.5, 0.6) is 0 Å². The first-order valence-electron chi connectivity index (χ1n) is 5.43. The molecule has 4 heteroatoms. The molecule has 0 unspecified atom stereocenters. The van der Waals surface area contributed by atoms with Gasteiger partial charge in [0.05, 0.1) is 18.0 Å². The van der Waals surface area contributed by atoms with E-state index in [1.54, 1.807) is 12.4 Å². The van der Waals surface area contributed by atoms with Gasteiger partial charge < -0.3 is 5.11 Å². The summed E-state index contributed by atoms with van der Waals surface area (Å²) >= 11 is 0. The average molecular weight is 217 g/mol. The number of rotatable bonds is 4. The third-order valence-corrected chi connectivity index (χ3v) is 2.46. The maximum Gasteiger partial charge on any atom is 0.0937 e. The molecule has 2 aromatic rings. The Bertz CT molecular complexity index is 465. The first-order valence-corrected chi connectivity index (χ1v) is 5.43. The van der Waals surface area contributed by atoms with Crippen molar-refractivity contribution in [3.05, 3.63) is 36.2 Å². The highest BCUT2D eigenvalue weighted by molar-refractivity contribution is 5.58. The summed E-state index contributed by atoms with van der Waals surface area (Å²) in [6, 6.07) is 5.64. The van der Waals surface area contributed by atoms with Crippen molar-refractivity contribution >= 4 is 0 Å². The van der Waals surface area contributed by atoms with Crippen LogP contribution in [0.25, 0.3) is 11.4 Å². The molecule has 0 atom stereocenters. The number of aliphatic hydroxyl groups excluding tert-OH is 1. The van der Waals surface area contributed by atoms with Crippen molar-refractivity contribution < 1.29 is 5.11 Å². The smallest absolute Gasteiger partial charge is 0.0937 e. The minimum atomic E-state index is 0.000475. The predicted molar refractivity (Wildman–Crippen MR) is 61.7 cm³/mol. The lowest BCUT2D eigenvalue weighted by Crippen LogP contribution is -2.03. The standard InChI is InChI=1S/C12H15N3O/c1-2-8-15-11(5-7-14-15)12-10(9-16)4-3-6-13-12/h3-7,16H,2,8-9H2,1H3. The monoisotopic (exact) mass is 217 g/mol. The summed E-state index contributed by atoms with van der Waals surface area (Å²) in [7, 11) is 0. The number of aromatic nitrogens is 3. The van der Waals surface area contributed by atoms with Crippen molar-refractivity contribution in [2.45, 2.75) is 26.5 Å². The summed E-state index contributed by atoms with van der Waals surface area (Å²) in [5, 5.41) is 13.5. The summed E-state index contributed by atoms with van der Waals surface area (Å²) in [5.41, 5.74) is 2.61. The molecule has 16 heavy (non-hydrogen) atoms. The maximum absolute atomic E-state index is 9.27. The Hall–Kier alpha value is -1.68. The molecule has 0 radical (unpaired) electrons. The Labute approximate surface area is 94.6 Å². The van der Waals surface area contributed by atoms with Crippen LogP contribution in [0.2, 0.25) is 0 Å². The molecule has 1 N–H and O–H groups in total. The second kappa shape index (κ2) is 4.90. The van der Waals surface area contributed by atoms with Gasteiger partial charge in [0.25, 0.3) is 0 Å². The van der Waals surface area contributed by atoms with E-state index >= 15 is 0 Å². The molecule has 0 saturated heterocycles. The normalized spacial score (nSPS) is 10.6. The molecule has 0 aromatic carbocycles. The predicted octanol–water partition coefficient (Wildman–Crippen LogP) is 1.85. The zero-order chi connectivity index (χ0) is 11.4. The van der Waals surface area contributed by atoms with E-state index in [9.17, 15) is 5.11 Å². The first kappa shape index (κ1) is 10.8. The van der Waals surface area contributed by atoms with E-state index in [1.165, 1.54) is 0 Å².